The molecule has 18 heavy (non-hydrogen) atoms. The summed E-state index contributed by atoms with van der Waals surface area (Å²) in [5.41, 5.74) is 1.55. The Kier molecular flexibility index (Phi) is 2.99. The summed E-state index contributed by atoms with van der Waals surface area (Å²) in [4.78, 5) is 16.7. The van der Waals surface area contributed by atoms with Gasteiger partial charge in [-0.1, -0.05) is 12.8 Å². The Bertz CT molecular complexity index is 489. The first-order valence-corrected chi connectivity index (χ1v) is 6.80. The van der Waals surface area contributed by atoms with Gasteiger partial charge in [-0.2, -0.15) is 0 Å². The van der Waals surface area contributed by atoms with Crippen LogP contribution in [0.5, 0.6) is 0 Å². The highest BCUT2D eigenvalue weighted by molar-refractivity contribution is 5.25. The molecule has 0 unspecified atom stereocenters. The van der Waals surface area contributed by atoms with Gasteiger partial charge in [-0.25, -0.2) is 0 Å². The van der Waals surface area contributed by atoms with Crippen LogP contribution in [0.25, 0.3) is 0 Å². The van der Waals surface area contributed by atoms with Crippen LogP contribution in [0.1, 0.15) is 36.8 Å². The number of rotatable bonds is 2. The van der Waals surface area contributed by atoms with Gasteiger partial charge in [0, 0.05) is 31.4 Å². The Balaban J connectivity index is 1.75. The number of aromatic amines is 1. The van der Waals surface area contributed by atoms with Gasteiger partial charge in [-0.3, -0.25) is 9.69 Å². The number of aliphatic hydroxyl groups is 1. The second kappa shape index (κ2) is 4.52. The first-order chi connectivity index (χ1) is 8.66. The third-order valence-corrected chi connectivity index (χ3v) is 4.29. The Morgan fingerprint density at radius 2 is 2.17 bits per heavy atom. The van der Waals surface area contributed by atoms with E-state index in [4.69, 9.17) is 0 Å². The van der Waals surface area contributed by atoms with Crippen molar-refractivity contribution >= 4 is 0 Å². The van der Waals surface area contributed by atoms with Crippen molar-refractivity contribution in [2.75, 3.05) is 13.1 Å². The van der Waals surface area contributed by atoms with Gasteiger partial charge in [0.05, 0.1) is 5.60 Å². The van der Waals surface area contributed by atoms with Crippen LogP contribution in [0, 0.1) is 0 Å². The van der Waals surface area contributed by atoms with Crippen LogP contribution in [-0.2, 0) is 13.0 Å². The summed E-state index contributed by atoms with van der Waals surface area (Å²) in [6, 6.07) is 2.00. The van der Waals surface area contributed by atoms with E-state index in [1.165, 1.54) is 0 Å². The van der Waals surface area contributed by atoms with E-state index in [0.29, 0.717) is 13.1 Å². The molecule has 2 aliphatic rings. The normalized spacial score (nSPS) is 22.9. The summed E-state index contributed by atoms with van der Waals surface area (Å²) in [7, 11) is 0. The van der Waals surface area contributed by atoms with E-state index < -0.39 is 5.60 Å². The van der Waals surface area contributed by atoms with E-state index >= 15 is 0 Å². The standard InChI is InChI=1S/C14H20N2O2/c17-13-12-9-16(8-4-11(12)3-7-15-13)10-14(18)5-1-2-6-14/h3,7,18H,1-2,4-6,8-10H2,(H,15,17). The Morgan fingerprint density at radius 1 is 1.39 bits per heavy atom. The SMILES string of the molecule is O=c1[nH]ccc2c1CN(CC1(O)CCCC1)CC2. The minimum atomic E-state index is -0.515. The van der Waals surface area contributed by atoms with Crippen LogP contribution in [0.15, 0.2) is 17.1 Å². The van der Waals surface area contributed by atoms with E-state index in [9.17, 15) is 9.90 Å². The lowest BCUT2D eigenvalue weighted by molar-refractivity contribution is 0.00544. The number of aromatic nitrogens is 1. The van der Waals surface area contributed by atoms with Gasteiger partial charge in [0.1, 0.15) is 0 Å². The molecule has 1 saturated carbocycles. The predicted octanol–water partition coefficient (Wildman–Crippen LogP) is 1.04. The van der Waals surface area contributed by atoms with Gasteiger partial charge >= 0.3 is 0 Å². The number of fused-ring (bicyclic) bond motifs is 1. The van der Waals surface area contributed by atoms with Gasteiger partial charge in [-0.05, 0) is 30.9 Å². The van der Waals surface area contributed by atoms with E-state index in [1.807, 2.05) is 6.07 Å². The molecule has 0 aromatic carbocycles. The number of hydrogen-bond acceptors (Lipinski definition) is 3. The smallest absolute Gasteiger partial charge is 0.252 e. The molecule has 1 aliphatic heterocycles. The fourth-order valence-electron chi connectivity index (χ4n) is 3.28. The van der Waals surface area contributed by atoms with E-state index in [-0.39, 0.29) is 5.56 Å². The van der Waals surface area contributed by atoms with Gasteiger partial charge in [0.2, 0.25) is 0 Å². The molecule has 0 saturated heterocycles. The zero-order valence-corrected chi connectivity index (χ0v) is 10.6. The van der Waals surface area contributed by atoms with Crippen LogP contribution in [0.4, 0.5) is 0 Å². The molecule has 3 rings (SSSR count). The molecule has 98 valence electrons. The molecule has 2 heterocycles. The molecule has 4 nitrogen and oxygen atoms in total. The van der Waals surface area contributed by atoms with Gasteiger partial charge in [0.15, 0.2) is 0 Å². The van der Waals surface area contributed by atoms with Crippen molar-refractivity contribution in [2.45, 2.75) is 44.2 Å². The van der Waals surface area contributed by atoms with Crippen molar-refractivity contribution in [1.82, 2.24) is 9.88 Å². The molecule has 0 amide bonds. The fraction of sp³-hybridized carbons (Fsp3) is 0.643. The minimum Gasteiger partial charge on any atom is -0.389 e. The lowest BCUT2D eigenvalue weighted by atomic mass is 9.97. The highest BCUT2D eigenvalue weighted by Gasteiger charge is 2.34. The fourth-order valence-corrected chi connectivity index (χ4v) is 3.28. The average Bonchev–Trinajstić information content (AvgIpc) is 2.77. The summed E-state index contributed by atoms with van der Waals surface area (Å²) >= 11 is 0. The van der Waals surface area contributed by atoms with Gasteiger partial charge < -0.3 is 10.1 Å². The molecular weight excluding hydrogens is 228 g/mol. The Hall–Kier alpha value is -1.13. The monoisotopic (exact) mass is 248 g/mol. The van der Waals surface area contributed by atoms with Crippen molar-refractivity contribution in [3.05, 3.63) is 33.7 Å². The molecular formula is C14H20N2O2. The molecule has 1 aromatic heterocycles. The van der Waals surface area contributed by atoms with Crippen LogP contribution in [0.2, 0.25) is 0 Å². The topological polar surface area (TPSA) is 56.3 Å². The highest BCUT2D eigenvalue weighted by atomic mass is 16.3. The predicted molar refractivity (Wildman–Crippen MR) is 69.5 cm³/mol. The lowest BCUT2D eigenvalue weighted by Gasteiger charge is -2.34. The second-order valence-corrected chi connectivity index (χ2v) is 5.70. The Labute approximate surface area is 107 Å². The molecule has 0 bridgehead atoms. The average molecular weight is 248 g/mol. The van der Waals surface area contributed by atoms with Crippen molar-refractivity contribution in [1.29, 1.82) is 0 Å². The van der Waals surface area contributed by atoms with Crippen LogP contribution >= 0.6 is 0 Å². The summed E-state index contributed by atoms with van der Waals surface area (Å²) in [5.74, 6) is 0. The van der Waals surface area contributed by atoms with Crippen molar-refractivity contribution in [3.63, 3.8) is 0 Å². The van der Waals surface area contributed by atoms with E-state index in [2.05, 4.69) is 9.88 Å². The van der Waals surface area contributed by atoms with Crippen LogP contribution in [-0.4, -0.2) is 33.7 Å². The van der Waals surface area contributed by atoms with Crippen LogP contribution in [0.3, 0.4) is 0 Å². The molecule has 4 heteroatoms. The molecule has 1 aromatic rings. The van der Waals surface area contributed by atoms with Gasteiger partial charge in [0.25, 0.3) is 5.56 Å². The van der Waals surface area contributed by atoms with Crippen molar-refractivity contribution < 1.29 is 5.11 Å². The highest BCUT2D eigenvalue weighted by Crippen LogP contribution is 2.31. The number of H-pyrrole nitrogens is 1. The number of nitrogens with zero attached hydrogens (tertiary/aromatic N) is 1. The first kappa shape index (κ1) is 11.9. The zero-order chi connectivity index (χ0) is 12.6. The quantitative estimate of drug-likeness (QED) is 0.822. The van der Waals surface area contributed by atoms with Crippen molar-refractivity contribution in [2.24, 2.45) is 0 Å². The summed E-state index contributed by atoms with van der Waals surface area (Å²) in [6.07, 6.45) is 6.70. The lowest BCUT2D eigenvalue weighted by Crippen LogP contribution is -2.44. The maximum Gasteiger partial charge on any atom is 0.252 e. The van der Waals surface area contributed by atoms with Crippen LogP contribution < -0.4 is 5.56 Å². The summed E-state index contributed by atoms with van der Waals surface area (Å²) in [5, 5.41) is 10.4. The molecule has 1 aliphatic carbocycles. The molecule has 0 spiro atoms. The minimum absolute atomic E-state index is 0.0237. The number of pyridine rings is 1. The van der Waals surface area contributed by atoms with Gasteiger partial charge in [-0.15, -0.1) is 0 Å². The number of nitrogens with one attached hydrogen (secondary N) is 1. The van der Waals surface area contributed by atoms with E-state index in [0.717, 1.165) is 49.8 Å². The maximum atomic E-state index is 11.8. The largest absolute Gasteiger partial charge is 0.389 e. The zero-order valence-electron chi connectivity index (χ0n) is 10.6. The third-order valence-electron chi connectivity index (χ3n) is 4.29. The van der Waals surface area contributed by atoms with Crippen molar-refractivity contribution in [3.8, 4) is 0 Å². The number of β-amino-alcohol motifs (C(OH)–C–C–N with tert-alkyl or cyclic N) is 1. The molecule has 0 radical (unpaired) electrons. The van der Waals surface area contributed by atoms with E-state index in [1.54, 1.807) is 6.20 Å². The third kappa shape index (κ3) is 2.22. The summed E-state index contributed by atoms with van der Waals surface area (Å²) < 4.78 is 0. The molecule has 1 fully saturated rings. The second-order valence-electron chi connectivity index (χ2n) is 5.70. The molecule has 0 atom stereocenters. The Morgan fingerprint density at radius 3 is 2.94 bits per heavy atom. The maximum absolute atomic E-state index is 11.8. The number of hydrogen-bond donors (Lipinski definition) is 2. The summed E-state index contributed by atoms with van der Waals surface area (Å²) in [6.45, 7) is 2.33. The first-order valence-electron chi connectivity index (χ1n) is 6.80. The molecule has 2 N–H and O–H groups in total.